The SMILES string of the molecule is Cn1ccc(CCNC2CCSCC2)n1. The van der Waals surface area contributed by atoms with Crippen molar-refractivity contribution in [3.05, 3.63) is 18.0 Å². The van der Waals surface area contributed by atoms with E-state index in [4.69, 9.17) is 0 Å². The van der Waals surface area contributed by atoms with E-state index in [1.54, 1.807) is 0 Å². The van der Waals surface area contributed by atoms with Crippen LogP contribution in [0, 0.1) is 0 Å². The molecule has 0 aromatic carbocycles. The minimum absolute atomic E-state index is 0.745. The Kier molecular flexibility index (Phi) is 4.09. The summed E-state index contributed by atoms with van der Waals surface area (Å²) in [5, 5.41) is 7.98. The van der Waals surface area contributed by atoms with Crippen LogP contribution in [0.4, 0.5) is 0 Å². The molecule has 4 heteroatoms. The van der Waals surface area contributed by atoms with Crippen molar-refractivity contribution in [3.63, 3.8) is 0 Å². The second kappa shape index (κ2) is 5.56. The van der Waals surface area contributed by atoms with Crippen molar-refractivity contribution < 1.29 is 0 Å². The van der Waals surface area contributed by atoms with Crippen LogP contribution in [0.3, 0.4) is 0 Å². The largest absolute Gasteiger partial charge is 0.314 e. The normalized spacial score (nSPS) is 18.2. The summed E-state index contributed by atoms with van der Waals surface area (Å²) in [6, 6.07) is 2.84. The molecule has 0 amide bonds. The second-order valence-corrected chi connectivity index (χ2v) is 5.30. The quantitative estimate of drug-likeness (QED) is 0.841. The maximum Gasteiger partial charge on any atom is 0.0637 e. The number of thioether (sulfide) groups is 1. The van der Waals surface area contributed by atoms with Crippen molar-refractivity contribution in [1.82, 2.24) is 15.1 Å². The van der Waals surface area contributed by atoms with Gasteiger partial charge in [0.15, 0.2) is 0 Å². The smallest absolute Gasteiger partial charge is 0.0637 e. The number of nitrogens with one attached hydrogen (secondary N) is 1. The van der Waals surface area contributed by atoms with Gasteiger partial charge in [0.05, 0.1) is 5.69 Å². The van der Waals surface area contributed by atoms with Gasteiger partial charge in [-0.05, 0) is 30.4 Å². The molecule has 1 aromatic rings. The van der Waals surface area contributed by atoms with Crippen LogP contribution >= 0.6 is 11.8 Å². The molecule has 1 fully saturated rings. The lowest BCUT2D eigenvalue weighted by molar-refractivity contribution is 0.484. The molecule has 15 heavy (non-hydrogen) atoms. The van der Waals surface area contributed by atoms with Crippen molar-refractivity contribution >= 4 is 11.8 Å². The highest BCUT2D eigenvalue weighted by atomic mass is 32.2. The van der Waals surface area contributed by atoms with E-state index in [0.717, 1.165) is 19.0 Å². The molecule has 84 valence electrons. The van der Waals surface area contributed by atoms with Crippen LogP contribution in [0.25, 0.3) is 0 Å². The fraction of sp³-hybridized carbons (Fsp3) is 0.727. The average Bonchev–Trinajstić information content (AvgIpc) is 2.66. The number of hydrogen-bond donors (Lipinski definition) is 1. The standard InChI is InChI=1S/C11H19N3S/c1-14-7-3-11(13-14)2-6-12-10-4-8-15-9-5-10/h3,7,10,12H,2,4-6,8-9H2,1H3. The van der Waals surface area contributed by atoms with E-state index in [-0.39, 0.29) is 0 Å². The average molecular weight is 225 g/mol. The molecule has 3 nitrogen and oxygen atoms in total. The third-order valence-electron chi connectivity index (χ3n) is 2.80. The lowest BCUT2D eigenvalue weighted by Crippen LogP contribution is -2.34. The molecule has 1 aliphatic rings. The molecular formula is C11H19N3S. The molecule has 1 aromatic heterocycles. The molecule has 2 rings (SSSR count). The maximum atomic E-state index is 4.37. The predicted molar refractivity (Wildman–Crippen MR) is 65.3 cm³/mol. The highest BCUT2D eigenvalue weighted by molar-refractivity contribution is 7.99. The zero-order valence-electron chi connectivity index (χ0n) is 9.28. The summed E-state index contributed by atoms with van der Waals surface area (Å²) < 4.78 is 1.87. The molecule has 1 saturated heterocycles. The van der Waals surface area contributed by atoms with Gasteiger partial charge >= 0.3 is 0 Å². The van der Waals surface area contributed by atoms with Gasteiger partial charge in [-0.3, -0.25) is 4.68 Å². The Morgan fingerprint density at radius 1 is 1.53 bits per heavy atom. The molecule has 1 aliphatic heterocycles. The zero-order valence-corrected chi connectivity index (χ0v) is 10.1. The monoisotopic (exact) mass is 225 g/mol. The minimum atomic E-state index is 0.745. The summed E-state index contributed by atoms with van der Waals surface area (Å²) in [5.41, 5.74) is 1.19. The highest BCUT2D eigenvalue weighted by Crippen LogP contribution is 2.16. The van der Waals surface area contributed by atoms with E-state index in [0.29, 0.717) is 0 Å². The summed E-state index contributed by atoms with van der Waals surface area (Å²) in [6.45, 7) is 1.06. The summed E-state index contributed by atoms with van der Waals surface area (Å²) in [5.74, 6) is 2.64. The van der Waals surface area contributed by atoms with Crippen LogP contribution in [0.15, 0.2) is 12.3 Å². The summed E-state index contributed by atoms with van der Waals surface area (Å²) in [6.07, 6.45) is 5.71. The van der Waals surface area contributed by atoms with Gasteiger partial charge in [0.2, 0.25) is 0 Å². The number of aromatic nitrogens is 2. The van der Waals surface area contributed by atoms with E-state index in [1.165, 1.54) is 30.0 Å². The molecule has 0 saturated carbocycles. The molecule has 2 heterocycles. The molecular weight excluding hydrogens is 206 g/mol. The molecule has 0 aliphatic carbocycles. The Labute approximate surface area is 95.6 Å². The van der Waals surface area contributed by atoms with Gasteiger partial charge in [0, 0.05) is 32.3 Å². The number of nitrogens with zero attached hydrogens (tertiary/aromatic N) is 2. The zero-order chi connectivity index (χ0) is 10.5. The molecule has 0 spiro atoms. The second-order valence-electron chi connectivity index (χ2n) is 4.07. The Balaban J connectivity index is 1.65. The first-order valence-corrected chi connectivity index (χ1v) is 6.80. The molecule has 0 bridgehead atoms. The van der Waals surface area contributed by atoms with Crippen LogP contribution in [-0.2, 0) is 13.5 Å². The van der Waals surface area contributed by atoms with Gasteiger partial charge in [-0.15, -0.1) is 0 Å². The number of rotatable bonds is 4. The van der Waals surface area contributed by atoms with Crippen molar-refractivity contribution in [1.29, 1.82) is 0 Å². The first-order valence-electron chi connectivity index (χ1n) is 5.64. The Morgan fingerprint density at radius 3 is 3.00 bits per heavy atom. The topological polar surface area (TPSA) is 29.9 Å². The summed E-state index contributed by atoms with van der Waals surface area (Å²) >= 11 is 2.08. The molecule has 0 radical (unpaired) electrons. The number of hydrogen-bond acceptors (Lipinski definition) is 3. The van der Waals surface area contributed by atoms with Crippen molar-refractivity contribution in [2.24, 2.45) is 7.05 Å². The van der Waals surface area contributed by atoms with Gasteiger partial charge in [0.25, 0.3) is 0 Å². The predicted octanol–water partition coefficient (Wildman–Crippen LogP) is 1.45. The van der Waals surface area contributed by atoms with E-state index in [1.807, 2.05) is 17.9 Å². The van der Waals surface area contributed by atoms with Gasteiger partial charge < -0.3 is 5.32 Å². The van der Waals surface area contributed by atoms with Gasteiger partial charge in [-0.25, -0.2) is 0 Å². The maximum absolute atomic E-state index is 4.37. The van der Waals surface area contributed by atoms with Crippen LogP contribution < -0.4 is 5.32 Å². The highest BCUT2D eigenvalue weighted by Gasteiger charge is 2.12. The van der Waals surface area contributed by atoms with Crippen LogP contribution in [0.2, 0.25) is 0 Å². The third-order valence-corrected chi connectivity index (χ3v) is 3.85. The minimum Gasteiger partial charge on any atom is -0.314 e. The molecule has 1 N–H and O–H groups in total. The first-order chi connectivity index (χ1) is 7.34. The first kappa shape index (κ1) is 11.0. The molecule has 0 atom stereocenters. The van der Waals surface area contributed by atoms with E-state index in [9.17, 15) is 0 Å². The van der Waals surface area contributed by atoms with E-state index < -0.39 is 0 Å². The summed E-state index contributed by atoms with van der Waals surface area (Å²) in [7, 11) is 1.97. The van der Waals surface area contributed by atoms with Gasteiger partial charge in [0.1, 0.15) is 0 Å². The Hall–Kier alpha value is -0.480. The van der Waals surface area contributed by atoms with E-state index in [2.05, 4.69) is 28.2 Å². The summed E-state index contributed by atoms with van der Waals surface area (Å²) in [4.78, 5) is 0. The van der Waals surface area contributed by atoms with Crippen LogP contribution in [0.5, 0.6) is 0 Å². The van der Waals surface area contributed by atoms with Crippen LogP contribution in [-0.4, -0.2) is 33.9 Å². The van der Waals surface area contributed by atoms with Gasteiger partial charge in [-0.1, -0.05) is 0 Å². The third kappa shape index (κ3) is 3.54. The van der Waals surface area contributed by atoms with Crippen molar-refractivity contribution in [3.8, 4) is 0 Å². The fourth-order valence-electron chi connectivity index (χ4n) is 1.90. The lowest BCUT2D eigenvalue weighted by atomic mass is 10.1. The van der Waals surface area contributed by atoms with E-state index >= 15 is 0 Å². The molecule has 0 unspecified atom stereocenters. The Morgan fingerprint density at radius 2 is 2.33 bits per heavy atom. The van der Waals surface area contributed by atoms with Crippen molar-refractivity contribution in [2.45, 2.75) is 25.3 Å². The fourth-order valence-corrected chi connectivity index (χ4v) is 3.01. The van der Waals surface area contributed by atoms with Gasteiger partial charge in [-0.2, -0.15) is 16.9 Å². The number of aryl methyl sites for hydroxylation is 1. The van der Waals surface area contributed by atoms with Crippen molar-refractivity contribution in [2.75, 3.05) is 18.1 Å². The Bertz CT molecular complexity index is 292. The van der Waals surface area contributed by atoms with Crippen LogP contribution in [0.1, 0.15) is 18.5 Å². The lowest BCUT2D eigenvalue weighted by Gasteiger charge is -2.22.